The van der Waals surface area contributed by atoms with E-state index in [9.17, 15) is 22.8 Å². The number of carbonyl (C=O) groups is 2. The van der Waals surface area contributed by atoms with Crippen molar-refractivity contribution in [1.29, 1.82) is 0 Å². The molecule has 0 spiro atoms. The summed E-state index contributed by atoms with van der Waals surface area (Å²) in [6, 6.07) is -0.451. The fraction of sp³-hybridized carbons (Fsp3) is 0.833. The number of likely N-dealkylation sites (tertiary alicyclic amines) is 1. The highest BCUT2D eigenvalue weighted by molar-refractivity contribution is 5.73. The average Bonchev–Trinajstić information content (AvgIpc) is 2.33. The van der Waals surface area contributed by atoms with Crippen LogP contribution < -0.4 is 5.32 Å². The van der Waals surface area contributed by atoms with Crippen molar-refractivity contribution < 1.29 is 27.9 Å². The van der Waals surface area contributed by atoms with Gasteiger partial charge in [0.1, 0.15) is 0 Å². The molecule has 1 aliphatic rings. The first-order chi connectivity index (χ1) is 9.17. The number of carboxylic acid groups (broad SMARTS) is 1. The fourth-order valence-corrected chi connectivity index (χ4v) is 2.41. The summed E-state index contributed by atoms with van der Waals surface area (Å²) in [7, 11) is 0. The highest BCUT2D eigenvalue weighted by atomic mass is 19.4. The molecule has 5 nitrogen and oxygen atoms in total. The first-order valence-corrected chi connectivity index (χ1v) is 6.45. The van der Waals surface area contributed by atoms with Gasteiger partial charge in [-0.1, -0.05) is 0 Å². The van der Waals surface area contributed by atoms with Crippen molar-refractivity contribution in [2.45, 2.75) is 38.4 Å². The van der Waals surface area contributed by atoms with E-state index < -0.39 is 24.7 Å². The van der Waals surface area contributed by atoms with Gasteiger partial charge >= 0.3 is 12.1 Å². The number of amides is 1. The predicted molar refractivity (Wildman–Crippen MR) is 65.1 cm³/mol. The van der Waals surface area contributed by atoms with Gasteiger partial charge in [-0.3, -0.25) is 9.59 Å². The van der Waals surface area contributed by atoms with Gasteiger partial charge in [-0.15, -0.1) is 0 Å². The molecule has 8 heteroatoms. The zero-order chi connectivity index (χ0) is 15.3. The third-order valence-corrected chi connectivity index (χ3v) is 3.34. The van der Waals surface area contributed by atoms with Crippen LogP contribution in [0.15, 0.2) is 0 Å². The molecule has 20 heavy (non-hydrogen) atoms. The van der Waals surface area contributed by atoms with Crippen LogP contribution in [0.4, 0.5) is 13.2 Å². The molecule has 1 amide bonds. The second-order valence-corrected chi connectivity index (χ2v) is 5.15. The Balaban J connectivity index is 2.56. The second kappa shape index (κ2) is 6.92. The summed E-state index contributed by atoms with van der Waals surface area (Å²) >= 11 is 0. The molecule has 1 heterocycles. The zero-order valence-corrected chi connectivity index (χ0v) is 11.2. The number of hydrogen-bond acceptors (Lipinski definition) is 3. The van der Waals surface area contributed by atoms with Crippen LogP contribution in [0.25, 0.3) is 0 Å². The number of alkyl halides is 3. The van der Waals surface area contributed by atoms with Crippen LogP contribution in [0.1, 0.15) is 26.2 Å². The number of carbonyl (C=O) groups excluding carboxylic acids is 1. The Morgan fingerprint density at radius 2 is 2.00 bits per heavy atom. The summed E-state index contributed by atoms with van der Waals surface area (Å²) in [6.07, 6.45) is -3.52. The summed E-state index contributed by atoms with van der Waals surface area (Å²) in [6.45, 7) is 0.900. The van der Waals surface area contributed by atoms with Gasteiger partial charge < -0.3 is 15.3 Å². The van der Waals surface area contributed by atoms with Crippen LogP contribution >= 0.6 is 0 Å². The number of rotatable bonds is 5. The van der Waals surface area contributed by atoms with Crippen molar-refractivity contribution in [3.63, 3.8) is 0 Å². The lowest BCUT2D eigenvalue weighted by Crippen LogP contribution is -2.52. The van der Waals surface area contributed by atoms with E-state index in [1.807, 2.05) is 0 Å². The number of nitrogens with one attached hydrogen (secondary N) is 1. The molecular formula is C12H19F3N2O3. The SMILES string of the molecule is CC(=O)N1CC(CCC(=O)O)CC(NCC(F)(F)F)C1. The number of halogens is 3. The first kappa shape index (κ1) is 16.7. The Kier molecular flexibility index (Phi) is 5.79. The number of piperidine rings is 1. The largest absolute Gasteiger partial charge is 0.481 e. The van der Waals surface area contributed by atoms with Crippen LogP contribution in [-0.4, -0.2) is 53.7 Å². The van der Waals surface area contributed by atoms with Gasteiger partial charge in [0.15, 0.2) is 0 Å². The van der Waals surface area contributed by atoms with Gasteiger partial charge in [0.05, 0.1) is 6.54 Å². The van der Waals surface area contributed by atoms with Crippen molar-refractivity contribution in [2.75, 3.05) is 19.6 Å². The molecule has 1 saturated heterocycles. The minimum absolute atomic E-state index is 0.0393. The van der Waals surface area contributed by atoms with Crippen molar-refractivity contribution >= 4 is 11.9 Å². The average molecular weight is 296 g/mol. The molecule has 1 aliphatic heterocycles. The van der Waals surface area contributed by atoms with E-state index >= 15 is 0 Å². The smallest absolute Gasteiger partial charge is 0.401 e. The summed E-state index contributed by atoms with van der Waals surface area (Å²) in [5.74, 6) is -1.23. The molecule has 2 atom stereocenters. The van der Waals surface area contributed by atoms with Crippen molar-refractivity contribution in [2.24, 2.45) is 5.92 Å². The van der Waals surface area contributed by atoms with E-state index in [-0.39, 0.29) is 24.8 Å². The van der Waals surface area contributed by atoms with Crippen molar-refractivity contribution in [1.82, 2.24) is 10.2 Å². The van der Waals surface area contributed by atoms with E-state index in [2.05, 4.69) is 5.32 Å². The fourth-order valence-electron chi connectivity index (χ4n) is 2.41. The maximum absolute atomic E-state index is 12.2. The maximum Gasteiger partial charge on any atom is 0.401 e. The van der Waals surface area contributed by atoms with Gasteiger partial charge in [-0.25, -0.2) is 0 Å². The first-order valence-electron chi connectivity index (χ1n) is 6.45. The molecule has 0 bridgehead atoms. The minimum atomic E-state index is -4.30. The molecule has 1 fully saturated rings. The molecule has 0 saturated carbocycles. The Labute approximate surface area is 115 Å². The van der Waals surface area contributed by atoms with Crippen LogP contribution in [0, 0.1) is 5.92 Å². The van der Waals surface area contributed by atoms with Gasteiger partial charge in [0.2, 0.25) is 5.91 Å². The van der Waals surface area contributed by atoms with Crippen LogP contribution in [0.5, 0.6) is 0 Å². The lowest BCUT2D eigenvalue weighted by molar-refractivity contribution is -0.137. The number of hydrogen-bond donors (Lipinski definition) is 2. The summed E-state index contributed by atoms with van der Waals surface area (Å²) < 4.78 is 36.6. The van der Waals surface area contributed by atoms with Crippen molar-refractivity contribution in [3.8, 4) is 0 Å². The number of carboxylic acids is 1. The number of aliphatic carboxylic acids is 1. The Bertz CT molecular complexity index is 360. The molecule has 0 aromatic carbocycles. The monoisotopic (exact) mass is 296 g/mol. The summed E-state index contributed by atoms with van der Waals surface area (Å²) in [5, 5.41) is 11.0. The molecular weight excluding hydrogens is 277 g/mol. The summed E-state index contributed by atoms with van der Waals surface area (Å²) in [5.41, 5.74) is 0. The second-order valence-electron chi connectivity index (χ2n) is 5.15. The molecule has 0 radical (unpaired) electrons. The Morgan fingerprint density at radius 3 is 2.50 bits per heavy atom. The maximum atomic E-state index is 12.2. The molecule has 0 aliphatic carbocycles. The van der Waals surface area contributed by atoms with Gasteiger partial charge in [-0.2, -0.15) is 13.2 Å². The lowest BCUT2D eigenvalue weighted by atomic mass is 9.90. The highest BCUT2D eigenvalue weighted by Gasteiger charge is 2.32. The third kappa shape index (κ3) is 6.23. The Hall–Kier alpha value is -1.31. The van der Waals surface area contributed by atoms with Crippen LogP contribution in [-0.2, 0) is 9.59 Å². The normalized spacial score (nSPS) is 23.7. The molecule has 116 valence electrons. The molecule has 2 unspecified atom stereocenters. The van der Waals surface area contributed by atoms with E-state index in [0.29, 0.717) is 19.4 Å². The van der Waals surface area contributed by atoms with E-state index in [0.717, 1.165) is 0 Å². The third-order valence-electron chi connectivity index (χ3n) is 3.34. The molecule has 0 aromatic rings. The van der Waals surface area contributed by atoms with Crippen LogP contribution in [0.2, 0.25) is 0 Å². The zero-order valence-electron chi connectivity index (χ0n) is 11.2. The minimum Gasteiger partial charge on any atom is -0.481 e. The van der Waals surface area contributed by atoms with Crippen LogP contribution in [0.3, 0.4) is 0 Å². The van der Waals surface area contributed by atoms with Gasteiger partial charge in [0.25, 0.3) is 0 Å². The van der Waals surface area contributed by atoms with Crippen molar-refractivity contribution in [3.05, 3.63) is 0 Å². The Morgan fingerprint density at radius 1 is 1.35 bits per heavy atom. The topological polar surface area (TPSA) is 69.6 Å². The van der Waals surface area contributed by atoms with Gasteiger partial charge in [0, 0.05) is 32.5 Å². The van der Waals surface area contributed by atoms with E-state index in [1.54, 1.807) is 0 Å². The van der Waals surface area contributed by atoms with Gasteiger partial charge in [-0.05, 0) is 18.8 Å². The summed E-state index contributed by atoms with van der Waals surface area (Å²) in [4.78, 5) is 23.4. The predicted octanol–water partition coefficient (Wildman–Crippen LogP) is 1.24. The molecule has 1 rings (SSSR count). The molecule has 2 N–H and O–H groups in total. The van der Waals surface area contributed by atoms with E-state index in [4.69, 9.17) is 5.11 Å². The standard InChI is InChI=1S/C12H19F3N2O3/c1-8(18)17-5-9(2-3-11(19)20)4-10(6-17)16-7-12(13,14)15/h9-10,16H,2-7H2,1H3,(H,19,20). The highest BCUT2D eigenvalue weighted by Crippen LogP contribution is 2.22. The lowest BCUT2D eigenvalue weighted by Gasteiger charge is -2.38. The quantitative estimate of drug-likeness (QED) is 0.801. The molecule has 0 aromatic heterocycles. The number of nitrogens with zero attached hydrogens (tertiary/aromatic N) is 1. The van der Waals surface area contributed by atoms with E-state index in [1.165, 1.54) is 11.8 Å².